The molecule has 100 valence electrons. The minimum Gasteiger partial charge on any atom is -0.305 e. The molecule has 19 heavy (non-hydrogen) atoms. The van der Waals surface area contributed by atoms with Crippen molar-refractivity contribution in [2.24, 2.45) is 0 Å². The van der Waals surface area contributed by atoms with Crippen molar-refractivity contribution in [2.75, 3.05) is 0 Å². The summed E-state index contributed by atoms with van der Waals surface area (Å²) in [6.07, 6.45) is 0. The second-order valence-corrected chi connectivity index (χ2v) is 5.73. The van der Waals surface area contributed by atoms with E-state index < -0.39 is 0 Å². The molecule has 0 amide bonds. The van der Waals surface area contributed by atoms with Crippen LogP contribution in [-0.2, 0) is 6.54 Å². The predicted octanol–water partition coefficient (Wildman–Crippen LogP) is 4.31. The fourth-order valence-corrected chi connectivity index (χ4v) is 2.61. The van der Waals surface area contributed by atoms with Crippen LogP contribution in [0.5, 0.6) is 0 Å². The molecule has 1 aromatic carbocycles. The third-order valence-electron chi connectivity index (χ3n) is 3.25. The van der Waals surface area contributed by atoms with Crippen molar-refractivity contribution >= 4 is 15.9 Å². The first-order chi connectivity index (χ1) is 9.06. The van der Waals surface area contributed by atoms with E-state index in [2.05, 4.69) is 65.2 Å². The number of aryl methyl sites for hydroxylation is 2. The number of benzene rings is 1. The molecule has 1 heterocycles. The highest BCUT2D eigenvalue weighted by atomic mass is 79.9. The minimum atomic E-state index is 0.321. The first kappa shape index (κ1) is 14.2. The van der Waals surface area contributed by atoms with Gasteiger partial charge in [0.25, 0.3) is 0 Å². The lowest BCUT2D eigenvalue weighted by Crippen LogP contribution is -2.19. The molecule has 0 spiro atoms. The molecular formula is C16H19BrN2. The lowest BCUT2D eigenvalue weighted by molar-refractivity contribution is 0.565. The Labute approximate surface area is 123 Å². The number of rotatable bonds is 4. The third-order valence-corrected chi connectivity index (χ3v) is 3.70. The second-order valence-electron chi connectivity index (χ2n) is 4.91. The van der Waals surface area contributed by atoms with Gasteiger partial charge in [0.05, 0.1) is 5.69 Å². The minimum absolute atomic E-state index is 0.321. The first-order valence-electron chi connectivity index (χ1n) is 6.48. The molecule has 1 unspecified atom stereocenters. The van der Waals surface area contributed by atoms with E-state index in [-0.39, 0.29) is 0 Å². The first-order valence-corrected chi connectivity index (χ1v) is 7.27. The highest BCUT2D eigenvalue weighted by molar-refractivity contribution is 9.10. The van der Waals surface area contributed by atoms with E-state index in [9.17, 15) is 0 Å². The second kappa shape index (κ2) is 6.31. The number of hydrogen-bond donors (Lipinski definition) is 1. The van der Waals surface area contributed by atoms with Crippen molar-refractivity contribution in [3.8, 4) is 0 Å². The van der Waals surface area contributed by atoms with E-state index in [1.807, 2.05) is 18.2 Å². The van der Waals surface area contributed by atoms with Crippen LogP contribution in [0, 0.1) is 13.8 Å². The summed E-state index contributed by atoms with van der Waals surface area (Å²) in [7, 11) is 0. The fourth-order valence-electron chi connectivity index (χ4n) is 2.23. The van der Waals surface area contributed by atoms with Crippen molar-refractivity contribution in [3.05, 3.63) is 63.4 Å². The van der Waals surface area contributed by atoms with Gasteiger partial charge in [0.2, 0.25) is 0 Å². The van der Waals surface area contributed by atoms with Crippen LogP contribution < -0.4 is 5.32 Å². The van der Waals surface area contributed by atoms with E-state index in [0.29, 0.717) is 6.04 Å². The van der Waals surface area contributed by atoms with Crippen LogP contribution in [0.2, 0.25) is 0 Å². The van der Waals surface area contributed by atoms with Gasteiger partial charge in [0.15, 0.2) is 0 Å². The average molecular weight is 319 g/mol. The van der Waals surface area contributed by atoms with Crippen molar-refractivity contribution < 1.29 is 0 Å². The van der Waals surface area contributed by atoms with Gasteiger partial charge in [-0.05, 0) is 60.0 Å². The number of hydrogen-bond acceptors (Lipinski definition) is 2. The normalized spacial score (nSPS) is 12.4. The zero-order valence-corrected chi connectivity index (χ0v) is 13.2. The van der Waals surface area contributed by atoms with Crippen LogP contribution >= 0.6 is 15.9 Å². The maximum atomic E-state index is 4.43. The fraction of sp³-hybridized carbons (Fsp3) is 0.312. The number of nitrogens with one attached hydrogen (secondary N) is 1. The summed E-state index contributed by atoms with van der Waals surface area (Å²) in [5.41, 5.74) is 5.04. The molecule has 0 saturated heterocycles. The van der Waals surface area contributed by atoms with Crippen LogP contribution in [0.4, 0.5) is 0 Å². The van der Waals surface area contributed by atoms with Gasteiger partial charge in [-0.3, -0.25) is 0 Å². The molecule has 0 aliphatic rings. The lowest BCUT2D eigenvalue weighted by Gasteiger charge is -2.17. The largest absolute Gasteiger partial charge is 0.305 e. The zero-order chi connectivity index (χ0) is 13.8. The Morgan fingerprint density at radius 2 is 2.00 bits per heavy atom. The van der Waals surface area contributed by atoms with Crippen molar-refractivity contribution in [1.82, 2.24) is 10.3 Å². The molecule has 0 saturated carbocycles. The summed E-state index contributed by atoms with van der Waals surface area (Å²) in [6.45, 7) is 7.25. The molecule has 2 aromatic rings. The maximum Gasteiger partial charge on any atom is 0.106 e. The molecule has 0 bridgehead atoms. The van der Waals surface area contributed by atoms with Crippen LogP contribution in [0.25, 0.3) is 0 Å². The highest BCUT2D eigenvalue weighted by Crippen LogP contribution is 2.19. The van der Waals surface area contributed by atoms with Gasteiger partial charge in [-0.1, -0.05) is 29.8 Å². The lowest BCUT2D eigenvalue weighted by atomic mass is 10.0. The van der Waals surface area contributed by atoms with Gasteiger partial charge >= 0.3 is 0 Å². The summed E-state index contributed by atoms with van der Waals surface area (Å²) in [5, 5.41) is 3.52. The Hall–Kier alpha value is -1.19. The van der Waals surface area contributed by atoms with E-state index >= 15 is 0 Å². The van der Waals surface area contributed by atoms with Gasteiger partial charge < -0.3 is 5.32 Å². The number of nitrogens with zero attached hydrogens (tertiary/aromatic N) is 1. The van der Waals surface area contributed by atoms with E-state index in [4.69, 9.17) is 0 Å². The smallest absolute Gasteiger partial charge is 0.106 e. The average Bonchev–Trinajstić information content (AvgIpc) is 2.36. The zero-order valence-electron chi connectivity index (χ0n) is 11.6. The third kappa shape index (κ3) is 3.88. The van der Waals surface area contributed by atoms with Crippen molar-refractivity contribution in [2.45, 2.75) is 33.4 Å². The summed E-state index contributed by atoms with van der Waals surface area (Å²) in [4.78, 5) is 4.43. The Bertz CT molecular complexity index is 566. The molecule has 1 aromatic heterocycles. The van der Waals surface area contributed by atoms with Crippen molar-refractivity contribution in [3.63, 3.8) is 0 Å². The van der Waals surface area contributed by atoms with Gasteiger partial charge in [-0.15, -0.1) is 0 Å². The Morgan fingerprint density at radius 3 is 2.68 bits per heavy atom. The molecule has 0 aliphatic carbocycles. The summed E-state index contributed by atoms with van der Waals surface area (Å²) in [5.74, 6) is 0. The highest BCUT2D eigenvalue weighted by Gasteiger charge is 2.08. The van der Waals surface area contributed by atoms with Crippen molar-refractivity contribution in [1.29, 1.82) is 0 Å². The molecule has 0 radical (unpaired) electrons. The molecule has 0 fully saturated rings. The molecule has 1 atom stereocenters. The summed E-state index contributed by atoms with van der Waals surface area (Å²) >= 11 is 3.39. The van der Waals surface area contributed by atoms with Gasteiger partial charge in [0.1, 0.15) is 4.60 Å². The number of aromatic nitrogens is 1. The molecule has 1 N–H and O–H groups in total. The molecular weight excluding hydrogens is 300 g/mol. The van der Waals surface area contributed by atoms with Gasteiger partial charge in [-0.25, -0.2) is 4.98 Å². The SMILES string of the molecule is Cc1ccc(C(C)NCc2cccc(Br)n2)c(C)c1. The molecule has 3 heteroatoms. The Balaban J connectivity index is 2.03. The number of halogens is 1. The maximum absolute atomic E-state index is 4.43. The van der Waals surface area contributed by atoms with E-state index in [1.165, 1.54) is 16.7 Å². The standard InChI is InChI=1S/C16H19BrN2/c1-11-7-8-15(12(2)9-11)13(3)18-10-14-5-4-6-16(17)19-14/h4-9,13,18H,10H2,1-3H3. The summed E-state index contributed by atoms with van der Waals surface area (Å²) in [6, 6.07) is 12.9. The number of pyridine rings is 1. The van der Waals surface area contributed by atoms with E-state index in [1.54, 1.807) is 0 Å². The van der Waals surface area contributed by atoms with Gasteiger partial charge in [-0.2, -0.15) is 0 Å². The van der Waals surface area contributed by atoms with Crippen LogP contribution in [0.3, 0.4) is 0 Å². The summed E-state index contributed by atoms with van der Waals surface area (Å²) < 4.78 is 0.881. The van der Waals surface area contributed by atoms with E-state index in [0.717, 1.165) is 16.8 Å². The Morgan fingerprint density at radius 1 is 1.21 bits per heavy atom. The monoisotopic (exact) mass is 318 g/mol. The predicted molar refractivity (Wildman–Crippen MR) is 83.1 cm³/mol. The van der Waals surface area contributed by atoms with Crippen LogP contribution in [0.15, 0.2) is 41.0 Å². The molecule has 0 aliphatic heterocycles. The van der Waals surface area contributed by atoms with Gasteiger partial charge in [0, 0.05) is 12.6 Å². The van der Waals surface area contributed by atoms with Crippen LogP contribution in [-0.4, -0.2) is 4.98 Å². The molecule has 2 nitrogen and oxygen atoms in total. The topological polar surface area (TPSA) is 24.9 Å². The Kier molecular flexibility index (Phi) is 4.72. The quantitative estimate of drug-likeness (QED) is 0.849. The molecule has 2 rings (SSSR count). The van der Waals surface area contributed by atoms with Crippen LogP contribution in [0.1, 0.15) is 35.3 Å².